The Morgan fingerprint density at radius 2 is 1.91 bits per heavy atom. The molecule has 0 radical (unpaired) electrons. The number of hydrogen-bond acceptors (Lipinski definition) is 0. The predicted octanol–water partition coefficient (Wildman–Crippen LogP) is 2.25. The van der Waals surface area contributed by atoms with Crippen LogP contribution >= 0.6 is 0 Å². The molecule has 2 aliphatic rings. The molecule has 2 rings (SSSR count). The highest BCUT2D eigenvalue weighted by Crippen LogP contribution is 2.55. The molecule has 11 heavy (non-hydrogen) atoms. The molecule has 2 saturated carbocycles. The first-order chi connectivity index (χ1) is 5.07. The molecule has 2 fully saturated rings. The van der Waals surface area contributed by atoms with Crippen LogP contribution in [0, 0.1) is 17.8 Å². The van der Waals surface area contributed by atoms with Gasteiger partial charge in [-0.25, -0.2) is 0 Å². The molecule has 0 aromatic heterocycles. The summed E-state index contributed by atoms with van der Waals surface area (Å²) in [6, 6.07) is 0. The van der Waals surface area contributed by atoms with E-state index in [1.165, 1.54) is 19.3 Å². The van der Waals surface area contributed by atoms with Gasteiger partial charge in [-0.2, -0.15) is 0 Å². The van der Waals surface area contributed by atoms with E-state index < -0.39 is 0 Å². The van der Waals surface area contributed by atoms with Crippen LogP contribution in [0.15, 0.2) is 0 Å². The number of rotatable bonds is 1. The summed E-state index contributed by atoms with van der Waals surface area (Å²) in [6.07, 6.45) is 6.17. The summed E-state index contributed by atoms with van der Waals surface area (Å²) >= 11 is 0. The molecule has 0 saturated heterocycles. The van der Waals surface area contributed by atoms with Crippen molar-refractivity contribution in [1.29, 1.82) is 0 Å². The third kappa shape index (κ3) is 1.23. The van der Waals surface area contributed by atoms with Crippen molar-refractivity contribution < 1.29 is 0 Å². The van der Waals surface area contributed by atoms with Crippen LogP contribution in [-0.4, -0.2) is 7.85 Å². The van der Waals surface area contributed by atoms with Gasteiger partial charge in [0.1, 0.15) is 7.85 Å². The van der Waals surface area contributed by atoms with E-state index in [-0.39, 0.29) is 0 Å². The van der Waals surface area contributed by atoms with Gasteiger partial charge in [0.15, 0.2) is 0 Å². The molecule has 2 aliphatic carbocycles. The predicted molar refractivity (Wildman–Crippen MR) is 51.5 cm³/mol. The van der Waals surface area contributed by atoms with E-state index in [0.717, 1.165) is 17.8 Å². The molecule has 0 aliphatic heterocycles. The summed E-state index contributed by atoms with van der Waals surface area (Å²) in [4.78, 5) is 0. The molecule has 0 amide bonds. The maximum Gasteiger partial charge on any atom is 0.109 e. The average molecular weight is 150 g/mol. The summed E-state index contributed by atoms with van der Waals surface area (Å²) in [5.41, 5.74) is 0. The van der Waals surface area contributed by atoms with Crippen molar-refractivity contribution in [3.05, 3.63) is 0 Å². The van der Waals surface area contributed by atoms with E-state index in [1.807, 2.05) is 0 Å². The lowest BCUT2D eigenvalue weighted by Crippen LogP contribution is -2.22. The van der Waals surface area contributed by atoms with Crippen LogP contribution in [0.5, 0.6) is 0 Å². The van der Waals surface area contributed by atoms with Gasteiger partial charge >= 0.3 is 0 Å². The Hall–Kier alpha value is 0.0649. The van der Waals surface area contributed by atoms with Crippen LogP contribution in [0.1, 0.15) is 39.5 Å². The van der Waals surface area contributed by atoms with Gasteiger partial charge in [-0.1, -0.05) is 25.6 Å². The molecule has 2 bridgehead atoms. The van der Waals surface area contributed by atoms with E-state index in [0.29, 0.717) is 5.31 Å². The third-order valence-corrected chi connectivity index (χ3v) is 3.85. The first-order valence-corrected chi connectivity index (χ1v) is 5.07. The second-order valence-corrected chi connectivity index (χ2v) is 5.65. The normalized spacial score (nSPS) is 43.3. The monoisotopic (exact) mass is 150 g/mol. The molecular formula is C10H19B. The number of hydrogen-bond donors (Lipinski definition) is 0. The molecule has 1 heteroatoms. The van der Waals surface area contributed by atoms with E-state index in [9.17, 15) is 0 Å². The summed E-state index contributed by atoms with van der Waals surface area (Å²) in [6.45, 7) is 4.83. The molecule has 0 aromatic carbocycles. The maximum absolute atomic E-state index is 2.42. The Morgan fingerprint density at radius 3 is 2.18 bits per heavy atom. The SMILES string of the molecule is BC(C)(C)C1CC2CCC1C2. The Morgan fingerprint density at radius 1 is 1.18 bits per heavy atom. The lowest BCUT2D eigenvalue weighted by Gasteiger charge is -2.34. The average Bonchev–Trinajstić information content (AvgIpc) is 2.42. The molecule has 3 unspecified atom stereocenters. The van der Waals surface area contributed by atoms with Crippen LogP contribution in [0.25, 0.3) is 0 Å². The van der Waals surface area contributed by atoms with Crippen molar-refractivity contribution in [2.75, 3.05) is 0 Å². The first kappa shape index (κ1) is 7.70. The largest absolute Gasteiger partial charge is 0.109 e. The fraction of sp³-hybridized carbons (Fsp3) is 1.00. The van der Waals surface area contributed by atoms with Gasteiger partial charge in [0.2, 0.25) is 0 Å². The zero-order chi connectivity index (χ0) is 8.06. The second-order valence-electron chi connectivity index (χ2n) is 5.65. The van der Waals surface area contributed by atoms with Gasteiger partial charge in [0, 0.05) is 0 Å². The fourth-order valence-corrected chi connectivity index (χ4v) is 3.31. The van der Waals surface area contributed by atoms with Gasteiger partial charge in [-0.05, 0) is 37.0 Å². The highest BCUT2D eigenvalue weighted by atomic mass is 14.5. The van der Waals surface area contributed by atoms with Crippen LogP contribution in [-0.2, 0) is 0 Å². The van der Waals surface area contributed by atoms with Gasteiger partial charge in [-0.3, -0.25) is 0 Å². The quantitative estimate of drug-likeness (QED) is 0.503. The van der Waals surface area contributed by atoms with Crippen LogP contribution < -0.4 is 0 Å². The van der Waals surface area contributed by atoms with E-state index >= 15 is 0 Å². The minimum Gasteiger partial charge on any atom is -0.0669 e. The summed E-state index contributed by atoms with van der Waals surface area (Å²) < 4.78 is 0. The Balaban J connectivity index is 2.08. The molecule has 0 aromatic rings. The smallest absolute Gasteiger partial charge is 0.0669 e. The zero-order valence-electron chi connectivity index (χ0n) is 8.06. The van der Waals surface area contributed by atoms with Gasteiger partial charge in [-0.15, -0.1) is 0 Å². The first-order valence-electron chi connectivity index (χ1n) is 5.07. The van der Waals surface area contributed by atoms with E-state index in [1.54, 1.807) is 6.42 Å². The molecule has 0 N–H and O–H groups in total. The van der Waals surface area contributed by atoms with E-state index in [2.05, 4.69) is 21.7 Å². The van der Waals surface area contributed by atoms with Crippen molar-refractivity contribution in [2.24, 2.45) is 17.8 Å². The standard InChI is InChI=1S/C10H19B/c1-10(2,11)9-6-7-3-4-8(9)5-7/h7-9H,3-6,11H2,1-2H3. The summed E-state index contributed by atoms with van der Waals surface area (Å²) in [5, 5.41) is 0.583. The third-order valence-electron chi connectivity index (χ3n) is 3.85. The molecule has 0 spiro atoms. The minimum absolute atomic E-state index is 0.583. The molecular weight excluding hydrogens is 131 g/mol. The van der Waals surface area contributed by atoms with Crippen LogP contribution in [0.3, 0.4) is 0 Å². The molecule has 62 valence electrons. The van der Waals surface area contributed by atoms with Crippen molar-refractivity contribution >= 4 is 7.85 Å². The van der Waals surface area contributed by atoms with Crippen LogP contribution in [0.2, 0.25) is 5.31 Å². The van der Waals surface area contributed by atoms with Crippen molar-refractivity contribution in [2.45, 2.75) is 44.8 Å². The Labute approximate surface area is 71.2 Å². The van der Waals surface area contributed by atoms with Gasteiger partial charge < -0.3 is 0 Å². The topological polar surface area (TPSA) is 0 Å². The Kier molecular flexibility index (Phi) is 1.59. The molecule has 0 heterocycles. The minimum atomic E-state index is 0.583. The molecule has 3 atom stereocenters. The van der Waals surface area contributed by atoms with Crippen molar-refractivity contribution in [3.8, 4) is 0 Å². The highest BCUT2D eigenvalue weighted by molar-refractivity contribution is 6.14. The van der Waals surface area contributed by atoms with Gasteiger partial charge in [0.25, 0.3) is 0 Å². The summed E-state index contributed by atoms with van der Waals surface area (Å²) in [5.74, 6) is 3.26. The van der Waals surface area contributed by atoms with Crippen molar-refractivity contribution in [1.82, 2.24) is 0 Å². The van der Waals surface area contributed by atoms with Gasteiger partial charge in [0.05, 0.1) is 0 Å². The lowest BCUT2D eigenvalue weighted by molar-refractivity contribution is 0.269. The summed E-state index contributed by atoms with van der Waals surface area (Å²) in [7, 11) is 2.42. The fourth-order valence-electron chi connectivity index (χ4n) is 3.31. The second kappa shape index (κ2) is 2.28. The van der Waals surface area contributed by atoms with Crippen LogP contribution in [0.4, 0.5) is 0 Å². The zero-order valence-corrected chi connectivity index (χ0v) is 8.06. The van der Waals surface area contributed by atoms with Crippen molar-refractivity contribution in [3.63, 3.8) is 0 Å². The molecule has 0 nitrogen and oxygen atoms in total. The van der Waals surface area contributed by atoms with E-state index in [4.69, 9.17) is 0 Å². The number of fused-ring (bicyclic) bond motifs is 2. The highest BCUT2D eigenvalue weighted by Gasteiger charge is 2.44. The lowest BCUT2D eigenvalue weighted by atomic mass is 9.59. The maximum atomic E-state index is 2.42. The Bertz CT molecular complexity index is 157.